The molecular formula is C18H17ClN4O3S3. The SMILES string of the molecule is CSc1nnc(NC(=O)c2ccc(Cl)c(S(=O)(=O)Nc3ccc(C)c(C)c3)c2)s1. The molecule has 0 fully saturated rings. The third-order valence-corrected chi connectivity index (χ3v) is 7.72. The van der Waals surface area contributed by atoms with E-state index < -0.39 is 15.9 Å². The van der Waals surface area contributed by atoms with Gasteiger partial charge in [-0.15, -0.1) is 10.2 Å². The third kappa shape index (κ3) is 5.08. The summed E-state index contributed by atoms with van der Waals surface area (Å²) in [5, 5.41) is 10.7. The molecule has 11 heteroatoms. The van der Waals surface area contributed by atoms with Gasteiger partial charge < -0.3 is 0 Å². The first-order valence-corrected chi connectivity index (χ1v) is 12.2. The zero-order chi connectivity index (χ0) is 21.2. The fraction of sp³-hybridized carbons (Fsp3) is 0.167. The molecule has 0 saturated carbocycles. The van der Waals surface area contributed by atoms with E-state index in [0.29, 0.717) is 15.2 Å². The van der Waals surface area contributed by atoms with Crippen molar-refractivity contribution >= 4 is 61.4 Å². The smallest absolute Gasteiger partial charge is 0.263 e. The fourth-order valence-corrected chi connectivity index (χ4v) is 5.12. The first-order valence-electron chi connectivity index (χ1n) is 8.28. The lowest BCUT2D eigenvalue weighted by Crippen LogP contribution is -2.16. The number of benzene rings is 2. The number of carbonyl (C=O) groups is 1. The van der Waals surface area contributed by atoms with Crippen molar-refractivity contribution in [1.29, 1.82) is 0 Å². The molecular weight excluding hydrogens is 452 g/mol. The zero-order valence-electron chi connectivity index (χ0n) is 15.7. The van der Waals surface area contributed by atoms with E-state index in [2.05, 4.69) is 20.2 Å². The number of nitrogens with one attached hydrogen (secondary N) is 2. The van der Waals surface area contributed by atoms with Crippen LogP contribution in [0.15, 0.2) is 45.6 Å². The van der Waals surface area contributed by atoms with Crippen molar-refractivity contribution in [1.82, 2.24) is 10.2 Å². The Kier molecular flexibility index (Phi) is 6.47. The molecule has 2 aromatic carbocycles. The standard InChI is InChI=1S/C18H17ClN4O3S3/c1-10-4-6-13(8-11(10)2)23-29(25,26)15-9-12(5-7-14(15)19)16(24)20-17-21-22-18(27-3)28-17/h4-9,23H,1-3H3,(H,20,21,24). The molecule has 0 aliphatic heterocycles. The van der Waals surface area contributed by atoms with E-state index in [1.807, 2.05) is 26.2 Å². The quantitative estimate of drug-likeness (QED) is 0.405. The Balaban J connectivity index is 1.87. The van der Waals surface area contributed by atoms with E-state index >= 15 is 0 Å². The molecule has 7 nitrogen and oxygen atoms in total. The summed E-state index contributed by atoms with van der Waals surface area (Å²) in [7, 11) is -3.99. The number of aryl methyl sites for hydroxylation is 2. The van der Waals surface area contributed by atoms with Gasteiger partial charge in [-0.3, -0.25) is 14.8 Å². The van der Waals surface area contributed by atoms with E-state index in [-0.39, 0.29) is 15.5 Å². The van der Waals surface area contributed by atoms with E-state index in [1.54, 1.807) is 12.1 Å². The van der Waals surface area contributed by atoms with Crippen LogP contribution in [0.3, 0.4) is 0 Å². The lowest BCUT2D eigenvalue weighted by molar-refractivity contribution is 0.102. The lowest BCUT2D eigenvalue weighted by atomic mass is 10.1. The number of hydrogen-bond donors (Lipinski definition) is 2. The van der Waals surface area contributed by atoms with Crippen LogP contribution in [0, 0.1) is 13.8 Å². The Bertz CT molecular complexity index is 1180. The molecule has 0 aliphatic carbocycles. The van der Waals surface area contributed by atoms with Crippen LogP contribution in [0.25, 0.3) is 0 Å². The Morgan fingerprint density at radius 2 is 1.86 bits per heavy atom. The first kappa shape index (κ1) is 21.6. The molecule has 0 spiro atoms. The van der Waals surface area contributed by atoms with E-state index in [4.69, 9.17) is 11.6 Å². The molecule has 1 aromatic heterocycles. The number of anilines is 2. The number of thioether (sulfide) groups is 1. The predicted molar refractivity (Wildman–Crippen MR) is 118 cm³/mol. The minimum atomic E-state index is -3.99. The van der Waals surface area contributed by atoms with Gasteiger partial charge in [0.15, 0.2) is 4.34 Å². The lowest BCUT2D eigenvalue weighted by Gasteiger charge is -2.12. The number of rotatable bonds is 6. The number of amides is 1. The zero-order valence-corrected chi connectivity index (χ0v) is 18.9. The Morgan fingerprint density at radius 1 is 1.10 bits per heavy atom. The maximum Gasteiger partial charge on any atom is 0.263 e. The van der Waals surface area contributed by atoms with Crippen LogP contribution >= 0.6 is 34.7 Å². The number of carbonyl (C=O) groups excluding carboxylic acids is 1. The third-order valence-electron chi connectivity index (χ3n) is 4.04. The Labute approximate surface area is 182 Å². The summed E-state index contributed by atoms with van der Waals surface area (Å²) < 4.78 is 28.9. The number of hydrogen-bond acceptors (Lipinski definition) is 7. The Hall–Kier alpha value is -2.14. The molecule has 0 bridgehead atoms. The molecule has 1 heterocycles. The van der Waals surface area contributed by atoms with Crippen molar-refractivity contribution in [3.05, 3.63) is 58.1 Å². The van der Waals surface area contributed by atoms with Crippen LogP contribution < -0.4 is 10.0 Å². The summed E-state index contributed by atoms with van der Waals surface area (Å²) in [5.74, 6) is -0.506. The van der Waals surface area contributed by atoms with Crippen molar-refractivity contribution in [2.75, 3.05) is 16.3 Å². The summed E-state index contributed by atoms with van der Waals surface area (Å²) in [6.45, 7) is 3.83. The topological polar surface area (TPSA) is 101 Å². The second-order valence-electron chi connectivity index (χ2n) is 6.08. The highest BCUT2D eigenvalue weighted by Gasteiger charge is 2.21. The van der Waals surface area contributed by atoms with Crippen LogP contribution in [0.1, 0.15) is 21.5 Å². The van der Waals surface area contributed by atoms with Crippen molar-refractivity contribution in [2.24, 2.45) is 0 Å². The minimum absolute atomic E-state index is 0.0125. The normalized spacial score (nSPS) is 11.3. The summed E-state index contributed by atoms with van der Waals surface area (Å²) in [4.78, 5) is 12.3. The molecule has 152 valence electrons. The van der Waals surface area contributed by atoms with Crippen molar-refractivity contribution in [3.63, 3.8) is 0 Å². The molecule has 2 N–H and O–H groups in total. The molecule has 0 atom stereocenters. The minimum Gasteiger partial charge on any atom is -0.296 e. The van der Waals surface area contributed by atoms with Crippen LogP contribution in [0.5, 0.6) is 0 Å². The van der Waals surface area contributed by atoms with Crippen LogP contribution in [-0.2, 0) is 10.0 Å². The molecule has 0 radical (unpaired) electrons. The van der Waals surface area contributed by atoms with E-state index in [1.165, 1.54) is 41.3 Å². The monoisotopic (exact) mass is 468 g/mol. The van der Waals surface area contributed by atoms with Crippen molar-refractivity contribution in [2.45, 2.75) is 23.1 Å². The largest absolute Gasteiger partial charge is 0.296 e. The average molecular weight is 469 g/mol. The van der Waals surface area contributed by atoms with Gasteiger partial charge in [0.05, 0.1) is 5.02 Å². The molecule has 0 aliphatic rings. The van der Waals surface area contributed by atoms with Gasteiger partial charge in [0, 0.05) is 11.3 Å². The second kappa shape index (κ2) is 8.70. The van der Waals surface area contributed by atoms with Crippen molar-refractivity contribution in [3.8, 4) is 0 Å². The molecule has 0 saturated heterocycles. The van der Waals surface area contributed by atoms with E-state index in [9.17, 15) is 13.2 Å². The highest BCUT2D eigenvalue weighted by atomic mass is 35.5. The number of halogens is 1. The van der Waals surface area contributed by atoms with Gasteiger partial charge in [0.25, 0.3) is 15.9 Å². The number of aromatic nitrogens is 2. The molecule has 0 unspecified atom stereocenters. The number of sulfonamides is 1. The van der Waals surface area contributed by atoms with Gasteiger partial charge in [-0.25, -0.2) is 8.42 Å². The highest BCUT2D eigenvalue weighted by Crippen LogP contribution is 2.27. The van der Waals surface area contributed by atoms with Gasteiger partial charge in [-0.05, 0) is 61.6 Å². The summed E-state index contributed by atoms with van der Waals surface area (Å²) in [6, 6.07) is 9.28. The maximum absolute atomic E-state index is 12.8. The van der Waals surface area contributed by atoms with Gasteiger partial charge in [0.1, 0.15) is 4.90 Å². The molecule has 3 rings (SSSR count). The average Bonchev–Trinajstić information content (AvgIpc) is 3.12. The van der Waals surface area contributed by atoms with Gasteiger partial charge in [-0.2, -0.15) is 0 Å². The van der Waals surface area contributed by atoms with Gasteiger partial charge in [-0.1, -0.05) is 40.8 Å². The van der Waals surface area contributed by atoms with Crippen LogP contribution in [-0.4, -0.2) is 30.8 Å². The summed E-state index contributed by atoms with van der Waals surface area (Å²) >= 11 is 8.75. The highest BCUT2D eigenvalue weighted by molar-refractivity contribution is 8.00. The molecule has 29 heavy (non-hydrogen) atoms. The fourth-order valence-electron chi connectivity index (χ4n) is 2.38. The predicted octanol–water partition coefficient (Wildman–Crippen LogP) is 4.58. The van der Waals surface area contributed by atoms with Crippen molar-refractivity contribution < 1.29 is 13.2 Å². The van der Waals surface area contributed by atoms with Crippen LogP contribution in [0.4, 0.5) is 10.8 Å². The summed E-state index contributed by atoms with van der Waals surface area (Å²) in [5.41, 5.74) is 2.55. The number of nitrogens with zero attached hydrogens (tertiary/aromatic N) is 2. The maximum atomic E-state index is 12.8. The summed E-state index contributed by atoms with van der Waals surface area (Å²) in [6.07, 6.45) is 1.85. The molecule has 3 aromatic rings. The van der Waals surface area contributed by atoms with Gasteiger partial charge >= 0.3 is 0 Å². The second-order valence-corrected chi connectivity index (χ2v) is 10.2. The first-order chi connectivity index (χ1) is 13.7. The van der Waals surface area contributed by atoms with Gasteiger partial charge in [0.2, 0.25) is 5.13 Å². The van der Waals surface area contributed by atoms with E-state index in [0.717, 1.165) is 11.1 Å². The Morgan fingerprint density at radius 3 is 2.52 bits per heavy atom. The van der Waals surface area contributed by atoms with Crippen LogP contribution in [0.2, 0.25) is 5.02 Å². The molecule has 1 amide bonds.